The largest absolute Gasteiger partial charge is 0.354 e. The zero-order valence-corrected chi connectivity index (χ0v) is 13.8. The van der Waals surface area contributed by atoms with Gasteiger partial charge in [0.25, 0.3) is 0 Å². The lowest BCUT2D eigenvalue weighted by atomic mass is 10.0. The van der Waals surface area contributed by atoms with Crippen molar-refractivity contribution in [2.75, 3.05) is 32.7 Å². The van der Waals surface area contributed by atoms with Crippen LogP contribution in [0.15, 0.2) is 0 Å². The van der Waals surface area contributed by atoms with Gasteiger partial charge < -0.3 is 11.1 Å². The first-order valence-corrected chi connectivity index (χ1v) is 8.48. The SMILES string of the molecule is CC(C)CNC(=O)C(C)N1CCC(N2CCC(N)CC2)C1. The molecule has 0 aromatic rings. The monoisotopic (exact) mass is 296 g/mol. The summed E-state index contributed by atoms with van der Waals surface area (Å²) < 4.78 is 0. The molecule has 2 aliphatic rings. The molecule has 21 heavy (non-hydrogen) atoms. The van der Waals surface area contributed by atoms with Crippen LogP contribution in [-0.4, -0.2) is 66.6 Å². The molecule has 3 N–H and O–H groups in total. The summed E-state index contributed by atoms with van der Waals surface area (Å²) in [6.45, 7) is 11.3. The van der Waals surface area contributed by atoms with E-state index >= 15 is 0 Å². The van der Waals surface area contributed by atoms with E-state index in [-0.39, 0.29) is 11.9 Å². The maximum Gasteiger partial charge on any atom is 0.237 e. The van der Waals surface area contributed by atoms with E-state index in [0.29, 0.717) is 18.0 Å². The van der Waals surface area contributed by atoms with Gasteiger partial charge in [0, 0.05) is 31.7 Å². The molecule has 0 radical (unpaired) electrons. The van der Waals surface area contributed by atoms with Gasteiger partial charge in [-0.25, -0.2) is 0 Å². The van der Waals surface area contributed by atoms with Gasteiger partial charge in [-0.05, 0) is 45.2 Å². The number of likely N-dealkylation sites (tertiary alicyclic amines) is 2. The van der Waals surface area contributed by atoms with Crippen LogP contribution in [-0.2, 0) is 4.79 Å². The fourth-order valence-corrected chi connectivity index (χ4v) is 3.32. The molecule has 0 aromatic heterocycles. The van der Waals surface area contributed by atoms with Crippen molar-refractivity contribution in [3.05, 3.63) is 0 Å². The lowest BCUT2D eigenvalue weighted by Gasteiger charge is -2.35. The molecule has 5 nitrogen and oxygen atoms in total. The second-order valence-electron chi connectivity index (χ2n) is 7.13. The Morgan fingerprint density at radius 2 is 1.86 bits per heavy atom. The first kappa shape index (κ1) is 16.7. The molecule has 0 aliphatic carbocycles. The van der Waals surface area contributed by atoms with Gasteiger partial charge in [0.05, 0.1) is 6.04 Å². The average molecular weight is 296 g/mol. The molecule has 2 unspecified atom stereocenters. The highest BCUT2D eigenvalue weighted by Gasteiger charge is 2.33. The van der Waals surface area contributed by atoms with Gasteiger partial charge in [-0.1, -0.05) is 13.8 Å². The van der Waals surface area contributed by atoms with E-state index in [9.17, 15) is 4.79 Å². The van der Waals surface area contributed by atoms with E-state index in [0.717, 1.165) is 45.6 Å². The predicted molar refractivity (Wildman–Crippen MR) is 86.1 cm³/mol. The summed E-state index contributed by atoms with van der Waals surface area (Å²) >= 11 is 0. The lowest BCUT2D eigenvalue weighted by molar-refractivity contribution is -0.125. The average Bonchev–Trinajstić information content (AvgIpc) is 2.94. The second-order valence-corrected chi connectivity index (χ2v) is 7.13. The molecule has 0 spiro atoms. The van der Waals surface area contributed by atoms with Crippen molar-refractivity contribution in [3.8, 4) is 0 Å². The van der Waals surface area contributed by atoms with E-state index in [4.69, 9.17) is 5.73 Å². The third-order valence-corrected chi connectivity index (χ3v) is 4.90. The number of rotatable bonds is 5. The van der Waals surface area contributed by atoms with E-state index in [1.54, 1.807) is 0 Å². The summed E-state index contributed by atoms with van der Waals surface area (Å²) in [5.41, 5.74) is 5.98. The Morgan fingerprint density at radius 3 is 2.48 bits per heavy atom. The fourth-order valence-electron chi connectivity index (χ4n) is 3.32. The Kier molecular flexibility index (Phi) is 6.02. The maximum atomic E-state index is 12.2. The summed E-state index contributed by atoms with van der Waals surface area (Å²) in [6, 6.07) is 0.984. The summed E-state index contributed by atoms with van der Waals surface area (Å²) in [5.74, 6) is 0.676. The molecular formula is C16H32N4O. The molecule has 0 saturated carbocycles. The first-order valence-electron chi connectivity index (χ1n) is 8.48. The van der Waals surface area contributed by atoms with Gasteiger partial charge in [0.15, 0.2) is 0 Å². The van der Waals surface area contributed by atoms with Gasteiger partial charge in [-0.2, -0.15) is 0 Å². The number of nitrogens with one attached hydrogen (secondary N) is 1. The van der Waals surface area contributed by atoms with Gasteiger partial charge in [-0.15, -0.1) is 0 Å². The van der Waals surface area contributed by atoms with Gasteiger partial charge in [0.1, 0.15) is 0 Å². The molecule has 1 amide bonds. The van der Waals surface area contributed by atoms with Crippen LogP contribution in [0.3, 0.4) is 0 Å². The van der Waals surface area contributed by atoms with Crippen LogP contribution in [0.2, 0.25) is 0 Å². The van der Waals surface area contributed by atoms with Gasteiger partial charge in [-0.3, -0.25) is 14.6 Å². The van der Waals surface area contributed by atoms with Gasteiger partial charge in [0.2, 0.25) is 5.91 Å². The summed E-state index contributed by atoms with van der Waals surface area (Å²) in [7, 11) is 0. The number of nitrogens with two attached hydrogens (primary N) is 1. The van der Waals surface area contributed by atoms with Crippen molar-refractivity contribution in [3.63, 3.8) is 0 Å². The van der Waals surface area contributed by atoms with Crippen molar-refractivity contribution in [1.29, 1.82) is 0 Å². The smallest absolute Gasteiger partial charge is 0.237 e. The standard InChI is InChI=1S/C16H32N4O/c1-12(2)10-18-16(21)13(3)20-9-6-15(11-20)19-7-4-14(17)5-8-19/h12-15H,4-11,17H2,1-3H3,(H,18,21). The third kappa shape index (κ3) is 4.66. The van der Waals surface area contributed by atoms with E-state index in [2.05, 4.69) is 29.0 Å². The Balaban J connectivity index is 1.77. The van der Waals surface area contributed by atoms with E-state index in [1.807, 2.05) is 6.92 Å². The molecule has 2 aliphatic heterocycles. The van der Waals surface area contributed by atoms with Crippen LogP contribution in [0.4, 0.5) is 0 Å². The Labute approximate surface area is 129 Å². The molecule has 0 bridgehead atoms. The molecule has 2 fully saturated rings. The second kappa shape index (κ2) is 7.56. The molecule has 122 valence electrons. The van der Waals surface area contributed by atoms with Crippen LogP contribution in [0.5, 0.6) is 0 Å². The Bertz CT molecular complexity index is 339. The fraction of sp³-hybridized carbons (Fsp3) is 0.938. The zero-order valence-electron chi connectivity index (χ0n) is 13.8. The van der Waals surface area contributed by atoms with E-state index < -0.39 is 0 Å². The minimum atomic E-state index is -0.0132. The van der Waals surface area contributed by atoms with Crippen LogP contribution in [0, 0.1) is 5.92 Å². The molecule has 2 rings (SSSR count). The maximum absolute atomic E-state index is 12.2. The molecule has 2 saturated heterocycles. The van der Waals surface area contributed by atoms with Gasteiger partial charge >= 0.3 is 0 Å². The van der Waals surface area contributed by atoms with Crippen molar-refractivity contribution in [1.82, 2.24) is 15.1 Å². The molecule has 0 aromatic carbocycles. The first-order chi connectivity index (χ1) is 9.97. The van der Waals surface area contributed by atoms with Crippen molar-refractivity contribution in [2.24, 2.45) is 11.7 Å². The highest BCUT2D eigenvalue weighted by Crippen LogP contribution is 2.21. The van der Waals surface area contributed by atoms with Crippen molar-refractivity contribution >= 4 is 5.91 Å². The molecule has 2 heterocycles. The number of hydrogen-bond acceptors (Lipinski definition) is 4. The van der Waals surface area contributed by atoms with Crippen LogP contribution in [0.25, 0.3) is 0 Å². The quantitative estimate of drug-likeness (QED) is 0.782. The Hall–Kier alpha value is -0.650. The number of carbonyl (C=O) groups excluding carboxylic acids is 1. The lowest BCUT2D eigenvalue weighted by Crippen LogP contribution is -2.48. The highest BCUT2D eigenvalue weighted by atomic mass is 16.2. The topological polar surface area (TPSA) is 61.6 Å². The molecule has 2 atom stereocenters. The summed E-state index contributed by atoms with van der Waals surface area (Å²) in [6.07, 6.45) is 3.40. The number of carbonyl (C=O) groups is 1. The third-order valence-electron chi connectivity index (χ3n) is 4.90. The van der Waals surface area contributed by atoms with E-state index in [1.165, 1.54) is 6.42 Å². The van der Waals surface area contributed by atoms with Crippen molar-refractivity contribution in [2.45, 2.75) is 58.2 Å². The minimum Gasteiger partial charge on any atom is -0.354 e. The number of nitrogens with zero attached hydrogens (tertiary/aromatic N) is 2. The van der Waals surface area contributed by atoms with Crippen LogP contribution in [0.1, 0.15) is 40.0 Å². The number of piperidine rings is 1. The van der Waals surface area contributed by atoms with Crippen molar-refractivity contribution < 1.29 is 4.79 Å². The van der Waals surface area contributed by atoms with Crippen LogP contribution >= 0.6 is 0 Å². The normalized spacial score (nSPS) is 27.2. The molecular weight excluding hydrogens is 264 g/mol. The predicted octanol–water partition coefficient (Wildman–Crippen LogP) is 0.645. The zero-order chi connectivity index (χ0) is 15.4. The van der Waals surface area contributed by atoms with Crippen LogP contribution < -0.4 is 11.1 Å². The number of hydrogen-bond donors (Lipinski definition) is 2. The molecule has 5 heteroatoms. The minimum absolute atomic E-state index is 0.0132. The summed E-state index contributed by atoms with van der Waals surface area (Å²) in [5, 5.41) is 3.05. The Morgan fingerprint density at radius 1 is 1.19 bits per heavy atom. The highest BCUT2D eigenvalue weighted by molar-refractivity contribution is 5.81. The summed E-state index contributed by atoms with van der Waals surface area (Å²) in [4.78, 5) is 17.1. The number of amides is 1.